The van der Waals surface area contributed by atoms with Gasteiger partial charge in [0.15, 0.2) is 0 Å². The van der Waals surface area contributed by atoms with E-state index in [0.29, 0.717) is 36.4 Å². The van der Waals surface area contributed by atoms with Crippen molar-refractivity contribution in [3.8, 4) is 0 Å². The molecule has 1 atom stereocenters. The van der Waals surface area contributed by atoms with Crippen LogP contribution in [0.15, 0.2) is 35.3 Å². The first kappa shape index (κ1) is 18.4. The fraction of sp³-hybridized carbons (Fsp3) is 0.400. The molecule has 146 valence electrons. The number of rotatable bonds is 5. The molecule has 0 radical (unpaired) electrons. The van der Waals surface area contributed by atoms with Gasteiger partial charge in [0, 0.05) is 25.9 Å². The zero-order valence-electron chi connectivity index (χ0n) is 15.8. The summed E-state index contributed by atoms with van der Waals surface area (Å²) in [5, 5.41) is 11.7. The van der Waals surface area contributed by atoms with Crippen molar-refractivity contribution in [1.82, 2.24) is 19.3 Å². The largest absolute Gasteiger partial charge is 0.376 e. The van der Waals surface area contributed by atoms with E-state index in [2.05, 4.69) is 10.3 Å². The lowest BCUT2D eigenvalue weighted by atomic mass is 10.1. The molecular formula is C20H23N5O3. The second-order valence-electron chi connectivity index (χ2n) is 6.99. The van der Waals surface area contributed by atoms with E-state index in [9.17, 15) is 9.59 Å². The molecule has 0 spiro atoms. The Bertz CT molecular complexity index is 1160. The Hall–Kier alpha value is -3.00. The van der Waals surface area contributed by atoms with E-state index in [1.807, 2.05) is 13.0 Å². The maximum atomic E-state index is 13.0. The van der Waals surface area contributed by atoms with Crippen LogP contribution in [0.25, 0.3) is 16.7 Å². The van der Waals surface area contributed by atoms with Crippen LogP contribution in [-0.2, 0) is 11.3 Å². The molecule has 1 aliphatic rings. The van der Waals surface area contributed by atoms with Crippen LogP contribution in [0.3, 0.4) is 0 Å². The van der Waals surface area contributed by atoms with E-state index in [-0.39, 0.29) is 28.6 Å². The van der Waals surface area contributed by atoms with Crippen molar-refractivity contribution < 1.29 is 9.53 Å². The minimum absolute atomic E-state index is 0.0117. The number of pyridine rings is 2. The molecule has 2 N–H and O–H groups in total. The third-order valence-corrected chi connectivity index (χ3v) is 5.02. The second kappa shape index (κ2) is 7.55. The Labute approximate surface area is 161 Å². The molecule has 0 aliphatic carbocycles. The Morgan fingerprint density at radius 3 is 3.04 bits per heavy atom. The first-order chi connectivity index (χ1) is 13.6. The van der Waals surface area contributed by atoms with E-state index in [1.54, 1.807) is 22.9 Å². The highest BCUT2D eigenvalue weighted by Gasteiger charge is 2.20. The molecule has 4 rings (SSSR count). The van der Waals surface area contributed by atoms with Gasteiger partial charge in [-0.1, -0.05) is 13.0 Å². The van der Waals surface area contributed by atoms with Crippen molar-refractivity contribution >= 4 is 22.6 Å². The van der Waals surface area contributed by atoms with Crippen LogP contribution in [0.2, 0.25) is 0 Å². The van der Waals surface area contributed by atoms with E-state index >= 15 is 0 Å². The lowest BCUT2D eigenvalue weighted by molar-refractivity contribution is 0.0856. The summed E-state index contributed by atoms with van der Waals surface area (Å²) in [6, 6.07) is 6.81. The number of fused-ring (bicyclic) bond motifs is 2. The molecule has 1 aliphatic heterocycles. The van der Waals surface area contributed by atoms with E-state index in [0.717, 1.165) is 19.3 Å². The molecule has 3 aromatic rings. The summed E-state index contributed by atoms with van der Waals surface area (Å²) < 4.78 is 8.64. The summed E-state index contributed by atoms with van der Waals surface area (Å²) in [6.45, 7) is 3.60. The fourth-order valence-corrected chi connectivity index (χ4v) is 3.61. The third-order valence-electron chi connectivity index (χ3n) is 5.02. The number of aryl methyl sites for hydroxylation is 1. The molecule has 0 bridgehead atoms. The van der Waals surface area contributed by atoms with Crippen LogP contribution in [0, 0.1) is 5.41 Å². The van der Waals surface area contributed by atoms with Crippen LogP contribution in [0.5, 0.6) is 0 Å². The van der Waals surface area contributed by atoms with Gasteiger partial charge < -0.3 is 14.6 Å². The number of nitrogens with one attached hydrogen (secondary N) is 2. The normalized spacial score (nSPS) is 16.7. The number of amides is 1. The smallest absolute Gasteiger partial charge is 0.267 e. The molecule has 0 saturated carbocycles. The van der Waals surface area contributed by atoms with Crippen LogP contribution < -0.4 is 16.4 Å². The Morgan fingerprint density at radius 1 is 1.43 bits per heavy atom. The van der Waals surface area contributed by atoms with Gasteiger partial charge in [0.2, 0.25) is 0 Å². The zero-order chi connectivity index (χ0) is 19.7. The fourth-order valence-electron chi connectivity index (χ4n) is 3.61. The number of nitrogens with zero attached hydrogens (tertiary/aromatic N) is 3. The van der Waals surface area contributed by atoms with Crippen molar-refractivity contribution in [2.75, 3.05) is 13.2 Å². The predicted molar refractivity (Wildman–Crippen MR) is 104 cm³/mol. The molecule has 8 nitrogen and oxygen atoms in total. The molecule has 3 aromatic heterocycles. The van der Waals surface area contributed by atoms with Gasteiger partial charge in [0.25, 0.3) is 11.5 Å². The lowest BCUT2D eigenvalue weighted by Crippen LogP contribution is -2.37. The van der Waals surface area contributed by atoms with E-state index < -0.39 is 0 Å². The maximum Gasteiger partial charge on any atom is 0.267 e. The molecule has 1 saturated heterocycles. The van der Waals surface area contributed by atoms with Crippen LogP contribution in [-0.4, -0.2) is 39.1 Å². The van der Waals surface area contributed by atoms with Gasteiger partial charge in [-0.05, 0) is 37.5 Å². The lowest BCUT2D eigenvalue weighted by Gasteiger charge is -2.15. The molecule has 0 aromatic carbocycles. The monoisotopic (exact) mass is 381 g/mol. The highest BCUT2D eigenvalue weighted by molar-refractivity contribution is 5.96. The molecule has 4 heterocycles. The average Bonchev–Trinajstić information content (AvgIpc) is 3.22. The molecule has 1 fully saturated rings. The predicted octanol–water partition coefficient (Wildman–Crippen LogP) is 1.45. The summed E-state index contributed by atoms with van der Waals surface area (Å²) in [5.74, 6) is -0.371. The summed E-state index contributed by atoms with van der Waals surface area (Å²) >= 11 is 0. The molecule has 1 amide bonds. The average molecular weight is 381 g/mol. The van der Waals surface area contributed by atoms with Gasteiger partial charge in [-0.2, -0.15) is 0 Å². The zero-order valence-corrected chi connectivity index (χ0v) is 15.8. The van der Waals surface area contributed by atoms with Crippen molar-refractivity contribution in [1.29, 1.82) is 5.41 Å². The Morgan fingerprint density at radius 2 is 2.29 bits per heavy atom. The Balaban J connectivity index is 1.84. The second-order valence-corrected chi connectivity index (χ2v) is 6.99. The van der Waals surface area contributed by atoms with Crippen molar-refractivity contribution in [3.05, 3.63) is 51.9 Å². The summed E-state index contributed by atoms with van der Waals surface area (Å²) in [5.41, 5.74) is 0.928. The quantitative estimate of drug-likeness (QED) is 0.653. The summed E-state index contributed by atoms with van der Waals surface area (Å²) in [7, 11) is 0. The van der Waals surface area contributed by atoms with Gasteiger partial charge in [-0.3, -0.25) is 19.4 Å². The number of carbonyl (C=O) groups is 1. The van der Waals surface area contributed by atoms with E-state index in [1.165, 1.54) is 10.5 Å². The van der Waals surface area contributed by atoms with E-state index in [4.69, 9.17) is 10.1 Å². The van der Waals surface area contributed by atoms with Crippen LogP contribution in [0.4, 0.5) is 0 Å². The van der Waals surface area contributed by atoms with Crippen molar-refractivity contribution in [2.45, 2.75) is 38.8 Å². The minimum atomic E-state index is -0.371. The van der Waals surface area contributed by atoms with Crippen molar-refractivity contribution in [3.63, 3.8) is 0 Å². The van der Waals surface area contributed by atoms with Gasteiger partial charge in [-0.15, -0.1) is 0 Å². The topological polar surface area (TPSA) is 101 Å². The number of carbonyl (C=O) groups excluding carboxylic acids is 1. The van der Waals surface area contributed by atoms with Crippen LogP contribution >= 0.6 is 0 Å². The van der Waals surface area contributed by atoms with Crippen LogP contribution in [0.1, 0.15) is 36.5 Å². The SMILES string of the molecule is CCCn1c(=N)c(C(=O)NC[C@@H]2CCCO2)cc2c(=O)n3ccccc3nc21. The molecular weight excluding hydrogens is 358 g/mol. The number of hydrogen-bond acceptors (Lipinski definition) is 5. The van der Waals surface area contributed by atoms with Crippen molar-refractivity contribution in [2.24, 2.45) is 0 Å². The van der Waals surface area contributed by atoms with Gasteiger partial charge in [0.1, 0.15) is 16.8 Å². The first-order valence-electron chi connectivity index (χ1n) is 9.59. The molecule has 8 heteroatoms. The van der Waals surface area contributed by atoms with Gasteiger partial charge in [-0.25, -0.2) is 4.98 Å². The number of aromatic nitrogens is 3. The highest BCUT2D eigenvalue weighted by atomic mass is 16.5. The Kier molecular flexibility index (Phi) is 4.95. The number of ether oxygens (including phenoxy) is 1. The minimum Gasteiger partial charge on any atom is -0.376 e. The highest BCUT2D eigenvalue weighted by Crippen LogP contribution is 2.12. The van der Waals surface area contributed by atoms with Gasteiger partial charge >= 0.3 is 0 Å². The molecule has 28 heavy (non-hydrogen) atoms. The number of hydrogen-bond donors (Lipinski definition) is 2. The summed E-state index contributed by atoms with van der Waals surface area (Å²) in [4.78, 5) is 30.3. The first-order valence-corrected chi connectivity index (χ1v) is 9.59. The van der Waals surface area contributed by atoms with Gasteiger partial charge in [0.05, 0.1) is 17.1 Å². The molecule has 0 unspecified atom stereocenters. The third kappa shape index (κ3) is 3.20. The standard InChI is InChI=1S/C20H23N5O3/c1-2-8-25-17(21)14(19(26)22-12-13-6-5-10-28-13)11-15-18(25)23-16-7-3-4-9-24(16)20(15)27/h3-4,7,9,11,13,21H,2,5-6,8,10,12H2,1H3,(H,22,26)/t13-/m0/s1. The summed E-state index contributed by atoms with van der Waals surface area (Å²) in [6.07, 6.45) is 4.32. The maximum absolute atomic E-state index is 13.0.